The van der Waals surface area contributed by atoms with Crippen LogP contribution in [0.5, 0.6) is 11.5 Å². The molecule has 1 aliphatic rings. The lowest BCUT2D eigenvalue weighted by Crippen LogP contribution is -2.32. The van der Waals surface area contributed by atoms with Crippen LogP contribution in [-0.2, 0) is 16.1 Å². The van der Waals surface area contributed by atoms with Crippen molar-refractivity contribution in [3.63, 3.8) is 0 Å². The predicted molar refractivity (Wildman–Crippen MR) is 166 cm³/mol. The molecule has 1 aliphatic heterocycles. The van der Waals surface area contributed by atoms with E-state index in [2.05, 4.69) is 15.3 Å². The highest BCUT2D eigenvalue weighted by Crippen LogP contribution is 2.45. The molecule has 0 radical (unpaired) electrons. The van der Waals surface area contributed by atoms with E-state index in [1.165, 1.54) is 18.8 Å². The van der Waals surface area contributed by atoms with Gasteiger partial charge in [-0.3, -0.25) is 14.2 Å². The number of methoxy groups -OCH3 is 2. The second-order valence-electron chi connectivity index (χ2n) is 11.1. The molecule has 3 heterocycles. The molecular weight excluding hydrogens is 595 g/mol. The molecule has 4 rings (SSSR count). The molecule has 228 valence electrons. The normalized spacial score (nSPS) is 15.5. The van der Waals surface area contributed by atoms with Crippen LogP contribution in [0.4, 0.5) is 5.95 Å². The first-order valence-electron chi connectivity index (χ1n) is 13.6. The number of benzene rings is 1. The summed E-state index contributed by atoms with van der Waals surface area (Å²) in [4.78, 5) is 37.4. The Bertz CT molecular complexity index is 1650. The molecule has 0 spiro atoms. The number of hydrogen-bond acceptors (Lipinski definition) is 9. The third-order valence-electron chi connectivity index (χ3n) is 6.92. The van der Waals surface area contributed by atoms with Gasteiger partial charge in [0.1, 0.15) is 28.8 Å². The van der Waals surface area contributed by atoms with E-state index in [4.69, 9.17) is 37.4 Å². The SMILES string of the molecule is CNc1ncc2cc(-c3c(Cl)c(OC)cc(OC)c3Cl)c(=O)n(CCOC3CCN(C(=O)/C(C#N)=C\C(C)(C)C)C3)c2n1. The number of hydrogen-bond donors (Lipinski definition) is 1. The highest BCUT2D eigenvalue weighted by Gasteiger charge is 2.30. The van der Waals surface area contributed by atoms with Gasteiger partial charge in [0.15, 0.2) is 0 Å². The molecule has 0 aliphatic carbocycles. The molecule has 1 N–H and O–H groups in total. The number of allylic oxidation sites excluding steroid dienone is 1. The van der Waals surface area contributed by atoms with Crippen LogP contribution in [0.1, 0.15) is 27.2 Å². The summed E-state index contributed by atoms with van der Waals surface area (Å²) < 4.78 is 18.4. The van der Waals surface area contributed by atoms with Crippen LogP contribution in [0.3, 0.4) is 0 Å². The van der Waals surface area contributed by atoms with Crippen molar-refractivity contribution in [2.45, 2.75) is 39.8 Å². The Morgan fingerprint density at radius 3 is 2.47 bits per heavy atom. The second-order valence-corrected chi connectivity index (χ2v) is 11.8. The fraction of sp³-hybridized carbons (Fsp3) is 0.433. The zero-order chi connectivity index (χ0) is 31.5. The van der Waals surface area contributed by atoms with E-state index in [1.54, 1.807) is 36.4 Å². The summed E-state index contributed by atoms with van der Waals surface area (Å²) in [6, 6.07) is 5.22. The first-order valence-corrected chi connectivity index (χ1v) is 14.4. The minimum absolute atomic E-state index is 0.120. The van der Waals surface area contributed by atoms with E-state index in [1.807, 2.05) is 26.8 Å². The molecule has 1 saturated heterocycles. The van der Waals surface area contributed by atoms with Crippen LogP contribution in [0.25, 0.3) is 22.2 Å². The molecule has 11 nitrogen and oxygen atoms in total. The Hall–Kier alpha value is -3.85. The maximum absolute atomic E-state index is 14.0. The van der Waals surface area contributed by atoms with Crippen molar-refractivity contribution in [2.75, 3.05) is 46.3 Å². The Balaban J connectivity index is 1.64. The number of fused-ring (bicyclic) bond motifs is 1. The fourth-order valence-corrected chi connectivity index (χ4v) is 5.60. The smallest absolute Gasteiger partial charge is 0.264 e. The van der Waals surface area contributed by atoms with Gasteiger partial charge in [-0.15, -0.1) is 0 Å². The highest BCUT2D eigenvalue weighted by molar-refractivity contribution is 6.41. The van der Waals surface area contributed by atoms with Crippen LogP contribution >= 0.6 is 23.2 Å². The van der Waals surface area contributed by atoms with Crippen molar-refractivity contribution >= 4 is 46.1 Å². The Morgan fingerprint density at radius 2 is 1.88 bits per heavy atom. The van der Waals surface area contributed by atoms with Crippen molar-refractivity contribution in [2.24, 2.45) is 5.41 Å². The van der Waals surface area contributed by atoms with Crippen LogP contribution in [0.15, 0.2) is 34.8 Å². The third-order valence-corrected chi connectivity index (χ3v) is 7.67. The molecule has 1 aromatic carbocycles. The standard InChI is InChI=1S/C30H34Cl2N6O5/c1-30(2,3)13-18(14-33)27(39)37-8-7-19(16-37)43-10-9-38-26-17(15-35-29(34-4)36-26)11-20(28(38)40)23-24(31)21(41-5)12-22(42-6)25(23)32/h11-13,15,19H,7-10,16H2,1-6H3,(H,34,35,36)/b18-13-. The van der Waals surface area contributed by atoms with Gasteiger partial charge in [-0.25, -0.2) is 4.98 Å². The minimum atomic E-state index is -0.398. The summed E-state index contributed by atoms with van der Waals surface area (Å²) >= 11 is 13.3. The Labute approximate surface area is 260 Å². The number of carbonyl (C=O) groups is 1. The lowest BCUT2D eigenvalue weighted by atomic mass is 9.93. The van der Waals surface area contributed by atoms with E-state index in [0.29, 0.717) is 48.0 Å². The number of nitrogens with one attached hydrogen (secondary N) is 1. The summed E-state index contributed by atoms with van der Waals surface area (Å²) in [7, 11) is 4.60. The van der Waals surface area contributed by atoms with Gasteiger partial charge in [-0.1, -0.05) is 50.0 Å². The van der Waals surface area contributed by atoms with Crippen LogP contribution in [0.2, 0.25) is 10.0 Å². The number of nitrogens with zero attached hydrogens (tertiary/aromatic N) is 5. The van der Waals surface area contributed by atoms with Crippen molar-refractivity contribution in [1.29, 1.82) is 5.26 Å². The average Bonchev–Trinajstić information content (AvgIpc) is 3.45. The molecule has 0 bridgehead atoms. The Morgan fingerprint density at radius 1 is 1.21 bits per heavy atom. The summed E-state index contributed by atoms with van der Waals surface area (Å²) in [5.74, 6) is 0.629. The number of carbonyl (C=O) groups excluding carboxylic acids is 1. The Kier molecular flexibility index (Phi) is 9.85. The summed E-state index contributed by atoms with van der Waals surface area (Å²) in [6.45, 7) is 6.94. The largest absolute Gasteiger partial charge is 0.495 e. The first kappa shape index (κ1) is 32.1. The van der Waals surface area contributed by atoms with Crippen LogP contribution < -0.4 is 20.3 Å². The third kappa shape index (κ3) is 6.88. The molecule has 0 saturated carbocycles. The zero-order valence-corrected chi connectivity index (χ0v) is 26.5. The van der Waals surface area contributed by atoms with E-state index in [0.717, 1.165) is 0 Å². The molecule has 1 fully saturated rings. The van der Waals surface area contributed by atoms with Gasteiger partial charge in [-0.2, -0.15) is 10.2 Å². The molecule has 1 unspecified atom stereocenters. The van der Waals surface area contributed by atoms with Gasteiger partial charge in [0.25, 0.3) is 11.5 Å². The number of aromatic nitrogens is 3. The number of anilines is 1. The van der Waals surface area contributed by atoms with E-state index >= 15 is 0 Å². The molecular formula is C30H34Cl2N6O5. The number of halogens is 2. The highest BCUT2D eigenvalue weighted by atomic mass is 35.5. The van der Waals surface area contributed by atoms with Crippen molar-refractivity contribution < 1.29 is 19.0 Å². The maximum Gasteiger partial charge on any atom is 0.264 e. The average molecular weight is 630 g/mol. The molecule has 1 atom stereocenters. The molecule has 1 amide bonds. The van der Waals surface area contributed by atoms with E-state index in [-0.39, 0.29) is 57.3 Å². The summed E-state index contributed by atoms with van der Waals surface area (Å²) in [6.07, 6.45) is 3.64. The lowest BCUT2D eigenvalue weighted by molar-refractivity contribution is -0.126. The predicted octanol–water partition coefficient (Wildman–Crippen LogP) is 4.94. The van der Waals surface area contributed by atoms with Gasteiger partial charge in [0.2, 0.25) is 5.95 Å². The van der Waals surface area contributed by atoms with Gasteiger partial charge in [0.05, 0.1) is 49.1 Å². The molecule has 13 heteroatoms. The van der Waals surface area contributed by atoms with E-state index < -0.39 is 5.56 Å². The molecule has 3 aromatic rings. The lowest BCUT2D eigenvalue weighted by Gasteiger charge is -2.19. The second kappa shape index (κ2) is 13.2. The van der Waals surface area contributed by atoms with Gasteiger partial charge in [0, 0.05) is 43.4 Å². The molecule has 43 heavy (non-hydrogen) atoms. The zero-order valence-electron chi connectivity index (χ0n) is 25.0. The topological polar surface area (TPSA) is 132 Å². The maximum atomic E-state index is 14.0. The van der Waals surface area contributed by atoms with Gasteiger partial charge >= 0.3 is 0 Å². The number of pyridine rings is 1. The van der Waals surface area contributed by atoms with Gasteiger partial charge in [-0.05, 0) is 17.9 Å². The number of nitriles is 1. The fourth-order valence-electron chi connectivity index (χ4n) is 4.89. The summed E-state index contributed by atoms with van der Waals surface area (Å²) in [5.41, 5.74) is 0.295. The van der Waals surface area contributed by atoms with Crippen molar-refractivity contribution in [3.8, 4) is 28.7 Å². The van der Waals surface area contributed by atoms with Crippen LogP contribution in [-0.4, -0.2) is 72.4 Å². The van der Waals surface area contributed by atoms with Gasteiger partial charge < -0.3 is 24.4 Å². The monoisotopic (exact) mass is 628 g/mol. The first-order chi connectivity index (χ1) is 20.4. The van der Waals surface area contributed by atoms with Crippen LogP contribution in [0, 0.1) is 16.7 Å². The number of ether oxygens (including phenoxy) is 3. The number of amides is 1. The van der Waals surface area contributed by atoms with Crippen molar-refractivity contribution in [3.05, 3.63) is 50.4 Å². The number of likely N-dealkylation sites (tertiary alicyclic amines) is 1. The molecule has 2 aromatic heterocycles. The minimum Gasteiger partial charge on any atom is -0.495 e. The van der Waals surface area contributed by atoms with E-state index in [9.17, 15) is 14.9 Å². The van der Waals surface area contributed by atoms with Crippen molar-refractivity contribution in [1.82, 2.24) is 19.4 Å². The number of rotatable bonds is 9. The summed E-state index contributed by atoms with van der Waals surface area (Å²) in [5, 5.41) is 13.3. The quantitative estimate of drug-likeness (QED) is 0.258.